The Labute approximate surface area is 153 Å². The molecule has 2 heterocycles. The Morgan fingerprint density at radius 1 is 1.42 bits per heavy atom. The van der Waals surface area contributed by atoms with E-state index < -0.39 is 5.82 Å². The number of amides is 1. The lowest BCUT2D eigenvalue weighted by molar-refractivity contribution is -0.135. The van der Waals surface area contributed by atoms with Crippen LogP contribution in [0.2, 0.25) is 0 Å². The molecule has 6 heteroatoms. The van der Waals surface area contributed by atoms with Crippen molar-refractivity contribution in [3.8, 4) is 5.75 Å². The third-order valence-electron chi connectivity index (χ3n) is 4.98. The number of rotatable bonds is 5. The van der Waals surface area contributed by atoms with Gasteiger partial charge in [-0.05, 0) is 43.7 Å². The Morgan fingerprint density at radius 3 is 2.96 bits per heavy atom. The number of ether oxygens (including phenoxy) is 1. The van der Waals surface area contributed by atoms with Gasteiger partial charge in [0, 0.05) is 32.1 Å². The number of furan rings is 1. The van der Waals surface area contributed by atoms with Gasteiger partial charge in [0.2, 0.25) is 5.91 Å². The van der Waals surface area contributed by atoms with E-state index in [1.807, 2.05) is 13.0 Å². The Bertz CT molecular complexity index is 774. The maximum absolute atomic E-state index is 13.9. The zero-order chi connectivity index (χ0) is 18.7. The molecule has 1 unspecified atom stereocenters. The summed E-state index contributed by atoms with van der Waals surface area (Å²) in [5, 5.41) is 0. The number of hydrogen-bond donors (Lipinski definition) is 0. The Kier molecular flexibility index (Phi) is 5.61. The SMILES string of the molecule is COc1ccc(CN(C)C(=O)C(C)N2CCCc3occc3C2)cc1F. The van der Waals surface area contributed by atoms with Crippen molar-refractivity contribution in [2.45, 2.75) is 38.9 Å². The van der Waals surface area contributed by atoms with Crippen LogP contribution >= 0.6 is 0 Å². The number of carbonyl (C=O) groups is 1. The van der Waals surface area contributed by atoms with Gasteiger partial charge in [-0.1, -0.05) is 6.07 Å². The van der Waals surface area contributed by atoms with E-state index in [9.17, 15) is 9.18 Å². The first-order valence-electron chi connectivity index (χ1n) is 8.86. The highest BCUT2D eigenvalue weighted by Gasteiger charge is 2.27. The number of fused-ring (bicyclic) bond motifs is 1. The first-order chi connectivity index (χ1) is 12.5. The van der Waals surface area contributed by atoms with Crippen LogP contribution in [0.4, 0.5) is 4.39 Å². The first kappa shape index (κ1) is 18.5. The quantitative estimate of drug-likeness (QED) is 0.821. The molecule has 1 amide bonds. The molecular weight excluding hydrogens is 335 g/mol. The van der Waals surface area contributed by atoms with E-state index in [2.05, 4.69) is 4.90 Å². The summed E-state index contributed by atoms with van der Waals surface area (Å²) in [7, 11) is 3.18. The van der Waals surface area contributed by atoms with Crippen molar-refractivity contribution in [2.75, 3.05) is 20.7 Å². The predicted molar refractivity (Wildman–Crippen MR) is 96.3 cm³/mol. The minimum atomic E-state index is -0.418. The molecule has 0 saturated carbocycles. The van der Waals surface area contributed by atoms with Crippen molar-refractivity contribution < 1.29 is 18.3 Å². The van der Waals surface area contributed by atoms with E-state index in [1.165, 1.54) is 13.2 Å². The molecule has 1 aromatic heterocycles. The van der Waals surface area contributed by atoms with E-state index in [1.54, 1.807) is 30.3 Å². The average Bonchev–Trinajstić information content (AvgIpc) is 2.97. The van der Waals surface area contributed by atoms with Crippen LogP contribution in [-0.4, -0.2) is 42.5 Å². The number of aryl methyl sites for hydroxylation is 1. The number of methoxy groups -OCH3 is 1. The second-order valence-corrected chi connectivity index (χ2v) is 6.78. The minimum Gasteiger partial charge on any atom is -0.494 e. The summed E-state index contributed by atoms with van der Waals surface area (Å²) in [5.41, 5.74) is 1.89. The Balaban J connectivity index is 1.65. The van der Waals surface area contributed by atoms with Crippen LogP contribution in [-0.2, 0) is 24.3 Å². The van der Waals surface area contributed by atoms with Crippen LogP contribution in [0.3, 0.4) is 0 Å². The lowest BCUT2D eigenvalue weighted by Crippen LogP contribution is -2.45. The van der Waals surface area contributed by atoms with Gasteiger partial charge >= 0.3 is 0 Å². The lowest BCUT2D eigenvalue weighted by atomic mass is 10.1. The summed E-state index contributed by atoms with van der Waals surface area (Å²) in [5.74, 6) is 0.831. The molecule has 0 bridgehead atoms. The number of nitrogens with zero attached hydrogens (tertiary/aromatic N) is 2. The van der Waals surface area contributed by atoms with Gasteiger partial charge in [0.05, 0.1) is 19.4 Å². The fraction of sp³-hybridized carbons (Fsp3) is 0.450. The monoisotopic (exact) mass is 360 g/mol. The molecule has 5 nitrogen and oxygen atoms in total. The van der Waals surface area contributed by atoms with E-state index in [-0.39, 0.29) is 17.7 Å². The van der Waals surface area contributed by atoms with Crippen molar-refractivity contribution in [3.05, 3.63) is 53.2 Å². The van der Waals surface area contributed by atoms with Crippen LogP contribution < -0.4 is 4.74 Å². The third-order valence-corrected chi connectivity index (χ3v) is 4.98. The van der Waals surface area contributed by atoms with Gasteiger partial charge in [-0.2, -0.15) is 0 Å². The molecular formula is C20H25FN2O3. The molecule has 0 fully saturated rings. The number of likely N-dealkylation sites (N-methyl/N-ethyl adjacent to an activating group) is 1. The van der Waals surface area contributed by atoms with Gasteiger partial charge in [-0.15, -0.1) is 0 Å². The molecule has 26 heavy (non-hydrogen) atoms. The minimum absolute atomic E-state index is 0.0215. The van der Waals surface area contributed by atoms with E-state index in [4.69, 9.17) is 9.15 Å². The zero-order valence-corrected chi connectivity index (χ0v) is 15.5. The number of carbonyl (C=O) groups excluding carboxylic acids is 1. The summed E-state index contributed by atoms with van der Waals surface area (Å²) >= 11 is 0. The molecule has 0 saturated heterocycles. The summed E-state index contributed by atoms with van der Waals surface area (Å²) in [6, 6.07) is 6.51. The van der Waals surface area contributed by atoms with Crippen molar-refractivity contribution >= 4 is 5.91 Å². The molecule has 0 spiro atoms. The van der Waals surface area contributed by atoms with Crippen molar-refractivity contribution in [1.29, 1.82) is 0 Å². The topological polar surface area (TPSA) is 45.9 Å². The van der Waals surface area contributed by atoms with Crippen LogP contribution in [0.25, 0.3) is 0 Å². The second kappa shape index (κ2) is 7.91. The highest BCUT2D eigenvalue weighted by atomic mass is 19.1. The van der Waals surface area contributed by atoms with Crippen LogP contribution in [0.15, 0.2) is 34.9 Å². The molecule has 3 rings (SSSR count). The largest absolute Gasteiger partial charge is 0.494 e. The molecule has 0 radical (unpaired) electrons. The van der Waals surface area contributed by atoms with Gasteiger partial charge in [0.1, 0.15) is 5.76 Å². The molecule has 1 aliphatic heterocycles. The highest BCUT2D eigenvalue weighted by molar-refractivity contribution is 5.81. The standard InChI is InChI=1S/C20H25FN2O3/c1-14(23-9-4-5-18-16(13-23)8-10-26-18)20(24)22(2)12-15-6-7-19(25-3)17(21)11-15/h6-8,10-11,14H,4-5,9,12-13H2,1-3H3. The average molecular weight is 360 g/mol. The summed E-state index contributed by atoms with van der Waals surface area (Å²) in [6.45, 7) is 3.85. The van der Waals surface area contributed by atoms with Crippen LogP contribution in [0.1, 0.15) is 30.2 Å². The van der Waals surface area contributed by atoms with Gasteiger partial charge < -0.3 is 14.1 Å². The van der Waals surface area contributed by atoms with Gasteiger partial charge in [-0.3, -0.25) is 9.69 Å². The first-order valence-corrected chi connectivity index (χ1v) is 8.86. The van der Waals surface area contributed by atoms with Gasteiger partial charge in [0.15, 0.2) is 11.6 Å². The van der Waals surface area contributed by atoms with Crippen LogP contribution in [0, 0.1) is 5.82 Å². The maximum Gasteiger partial charge on any atom is 0.239 e. The summed E-state index contributed by atoms with van der Waals surface area (Å²) in [4.78, 5) is 16.7. The number of hydrogen-bond acceptors (Lipinski definition) is 4. The molecule has 1 atom stereocenters. The molecule has 0 aliphatic carbocycles. The fourth-order valence-electron chi connectivity index (χ4n) is 3.43. The third kappa shape index (κ3) is 3.90. The van der Waals surface area contributed by atoms with Crippen molar-refractivity contribution in [1.82, 2.24) is 9.80 Å². The van der Waals surface area contributed by atoms with E-state index in [0.29, 0.717) is 13.1 Å². The molecule has 1 aromatic carbocycles. The zero-order valence-electron chi connectivity index (χ0n) is 15.5. The number of benzene rings is 1. The Morgan fingerprint density at radius 2 is 2.23 bits per heavy atom. The van der Waals surface area contributed by atoms with Gasteiger partial charge in [0.25, 0.3) is 0 Å². The Hall–Kier alpha value is -2.34. The highest BCUT2D eigenvalue weighted by Crippen LogP contribution is 2.22. The molecule has 0 N–H and O–H groups in total. The molecule has 1 aliphatic rings. The smallest absolute Gasteiger partial charge is 0.239 e. The number of halogens is 1. The lowest BCUT2D eigenvalue weighted by Gasteiger charge is -2.30. The van der Waals surface area contributed by atoms with E-state index >= 15 is 0 Å². The molecule has 2 aromatic rings. The van der Waals surface area contributed by atoms with Crippen LogP contribution in [0.5, 0.6) is 5.75 Å². The summed E-state index contributed by atoms with van der Waals surface area (Å²) < 4.78 is 24.3. The normalized spacial score (nSPS) is 15.8. The fourth-order valence-corrected chi connectivity index (χ4v) is 3.43. The van der Waals surface area contributed by atoms with Crippen molar-refractivity contribution in [3.63, 3.8) is 0 Å². The second-order valence-electron chi connectivity index (χ2n) is 6.78. The molecule has 140 valence electrons. The van der Waals surface area contributed by atoms with Gasteiger partial charge in [-0.25, -0.2) is 4.39 Å². The van der Waals surface area contributed by atoms with Crippen molar-refractivity contribution in [2.24, 2.45) is 0 Å². The summed E-state index contributed by atoms with van der Waals surface area (Å²) in [6.07, 6.45) is 3.58. The van der Waals surface area contributed by atoms with E-state index in [0.717, 1.165) is 36.3 Å². The predicted octanol–water partition coefficient (Wildman–Crippen LogP) is 3.22. The maximum atomic E-state index is 13.9.